The average Bonchev–Trinajstić information content (AvgIpc) is 3.01. The lowest BCUT2D eigenvalue weighted by Crippen LogP contribution is -2.28. The van der Waals surface area contributed by atoms with E-state index in [2.05, 4.69) is 0 Å². The Balaban J connectivity index is 2.30. The smallest absolute Gasteiger partial charge is 0.424 e. The molecule has 1 heterocycles. The van der Waals surface area contributed by atoms with Crippen LogP contribution in [0.4, 0.5) is 0 Å². The maximum absolute atomic E-state index is 12.5. The summed E-state index contributed by atoms with van der Waals surface area (Å²) in [6.45, 7) is 3.42. The Morgan fingerprint density at radius 1 is 0.962 bits per heavy atom. The summed E-state index contributed by atoms with van der Waals surface area (Å²) < 4.78 is 16.6. The van der Waals surface area contributed by atoms with Gasteiger partial charge in [0.1, 0.15) is 5.76 Å². The summed E-state index contributed by atoms with van der Waals surface area (Å²) in [4.78, 5) is 37.3. The molecule has 26 heavy (non-hydrogen) atoms. The normalized spacial score (nSPS) is 19.1. The first-order valence-electron chi connectivity index (χ1n) is 8.14. The number of hydrogen-bond donors (Lipinski definition) is 0. The molecular weight excluding hydrogens is 338 g/mol. The van der Waals surface area contributed by atoms with Crippen molar-refractivity contribution in [2.24, 2.45) is 0 Å². The minimum absolute atomic E-state index is 0.147. The number of ether oxygens (including phenoxy) is 2. The number of aromatic nitrogens is 1. The van der Waals surface area contributed by atoms with Gasteiger partial charge in [-0.3, -0.25) is 0 Å². The first-order valence-corrected chi connectivity index (χ1v) is 8.14. The number of carbonyl (C=O) groups excluding carboxylic acids is 2. The lowest BCUT2D eigenvalue weighted by atomic mass is 9.78. The number of methoxy groups -OCH3 is 2. The highest BCUT2D eigenvalue weighted by Crippen LogP contribution is 2.43. The summed E-state index contributed by atoms with van der Waals surface area (Å²) in [5.74, 6) is -2.72. The Labute approximate surface area is 149 Å². The van der Waals surface area contributed by atoms with E-state index in [1.54, 1.807) is 38.1 Å². The zero-order chi connectivity index (χ0) is 19.0. The molecule has 1 aromatic carbocycles. The standard InChI is InChI=1S/C19H19NO6/c1-10-13(17(21)24-3)14(18(22)25-4)11(2)16-15(10)20(19(23)26-16)12-8-6-5-7-9-12/h5-11H,1-4H3/t10-,11+/m0/s1. The van der Waals surface area contributed by atoms with Crippen molar-refractivity contribution in [2.75, 3.05) is 14.2 Å². The number of rotatable bonds is 3. The molecule has 136 valence electrons. The van der Waals surface area contributed by atoms with E-state index < -0.39 is 29.5 Å². The summed E-state index contributed by atoms with van der Waals surface area (Å²) in [5, 5.41) is 0. The number of carbonyl (C=O) groups is 2. The molecule has 0 N–H and O–H groups in total. The molecule has 7 nitrogen and oxygen atoms in total. The molecule has 7 heteroatoms. The van der Waals surface area contributed by atoms with Gasteiger partial charge in [-0.2, -0.15) is 0 Å². The van der Waals surface area contributed by atoms with Crippen molar-refractivity contribution in [1.29, 1.82) is 0 Å². The summed E-state index contributed by atoms with van der Waals surface area (Å²) in [6, 6.07) is 8.98. The Hall–Kier alpha value is -3.09. The van der Waals surface area contributed by atoms with Crippen LogP contribution in [0.5, 0.6) is 0 Å². The van der Waals surface area contributed by atoms with Crippen LogP contribution in [0.15, 0.2) is 50.7 Å². The number of nitrogens with zero attached hydrogens (tertiary/aromatic N) is 1. The van der Waals surface area contributed by atoms with Crippen molar-refractivity contribution in [1.82, 2.24) is 4.57 Å². The highest BCUT2D eigenvalue weighted by molar-refractivity contribution is 6.03. The van der Waals surface area contributed by atoms with Crippen LogP contribution in [0.2, 0.25) is 0 Å². The largest absolute Gasteiger partial charge is 0.466 e. The Morgan fingerprint density at radius 3 is 2.04 bits per heavy atom. The van der Waals surface area contributed by atoms with E-state index >= 15 is 0 Å². The predicted octanol–water partition coefficient (Wildman–Crippen LogP) is 2.29. The van der Waals surface area contributed by atoms with Gasteiger partial charge in [-0.05, 0) is 12.1 Å². The van der Waals surface area contributed by atoms with Gasteiger partial charge in [-0.15, -0.1) is 0 Å². The van der Waals surface area contributed by atoms with Gasteiger partial charge >= 0.3 is 17.7 Å². The van der Waals surface area contributed by atoms with Crippen LogP contribution < -0.4 is 5.76 Å². The summed E-state index contributed by atoms with van der Waals surface area (Å²) in [6.07, 6.45) is 0. The minimum atomic E-state index is -0.648. The van der Waals surface area contributed by atoms with Crippen LogP contribution in [-0.2, 0) is 19.1 Å². The number of oxazole rings is 1. The second-order valence-corrected chi connectivity index (χ2v) is 6.04. The zero-order valence-corrected chi connectivity index (χ0v) is 14.9. The van der Waals surface area contributed by atoms with Crippen molar-refractivity contribution < 1.29 is 23.5 Å². The fraction of sp³-hybridized carbons (Fsp3) is 0.316. The number of benzene rings is 1. The molecule has 0 bridgehead atoms. The Bertz CT molecular complexity index is 950. The van der Waals surface area contributed by atoms with Gasteiger partial charge in [0.15, 0.2) is 0 Å². The van der Waals surface area contributed by atoms with E-state index in [1.807, 2.05) is 6.07 Å². The molecule has 1 aromatic heterocycles. The number of esters is 2. The van der Waals surface area contributed by atoms with Crippen LogP contribution in [0, 0.1) is 0 Å². The van der Waals surface area contributed by atoms with E-state index in [9.17, 15) is 14.4 Å². The SMILES string of the molecule is COC(=O)C1=C(C(=O)OC)[C@H](C)c2c(oc(=O)n2-c2ccccc2)[C@@H]1C. The van der Waals surface area contributed by atoms with Gasteiger partial charge in [-0.1, -0.05) is 32.0 Å². The molecule has 0 unspecified atom stereocenters. The van der Waals surface area contributed by atoms with Crippen LogP contribution in [0.3, 0.4) is 0 Å². The van der Waals surface area contributed by atoms with Gasteiger partial charge in [0, 0.05) is 11.8 Å². The third-order valence-electron chi connectivity index (χ3n) is 4.66. The quantitative estimate of drug-likeness (QED) is 0.783. The van der Waals surface area contributed by atoms with Crippen LogP contribution >= 0.6 is 0 Å². The molecule has 0 saturated heterocycles. The topological polar surface area (TPSA) is 87.7 Å². The van der Waals surface area contributed by atoms with Crippen LogP contribution in [-0.4, -0.2) is 30.7 Å². The molecule has 1 aliphatic carbocycles. The predicted molar refractivity (Wildman–Crippen MR) is 92.2 cm³/mol. The van der Waals surface area contributed by atoms with Crippen molar-refractivity contribution in [3.05, 3.63) is 63.5 Å². The van der Waals surface area contributed by atoms with Crippen LogP contribution in [0.1, 0.15) is 37.1 Å². The van der Waals surface area contributed by atoms with Crippen molar-refractivity contribution >= 4 is 11.9 Å². The summed E-state index contributed by atoms with van der Waals surface area (Å²) in [5.41, 5.74) is 1.46. The van der Waals surface area contributed by atoms with E-state index in [1.165, 1.54) is 18.8 Å². The first kappa shape index (κ1) is 17.7. The van der Waals surface area contributed by atoms with Gasteiger partial charge < -0.3 is 13.9 Å². The molecule has 0 fully saturated rings. The Kier molecular flexibility index (Phi) is 4.54. The maximum Gasteiger partial charge on any atom is 0.424 e. The third kappa shape index (κ3) is 2.56. The minimum Gasteiger partial charge on any atom is -0.466 e. The number of fused-ring (bicyclic) bond motifs is 1. The van der Waals surface area contributed by atoms with E-state index in [0.29, 0.717) is 17.1 Å². The van der Waals surface area contributed by atoms with E-state index in [0.717, 1.165) is 0 Å². The molecule has 0 amide bonds. The van der Waals surface area contributed by atoms with Crippen LogP contribution in [0.25, 0.3) is 5.69 Å². The van der Waals surface area contributed by atoms with Crippen molar-refractivity contribution in [3.63, 3.8) is 0 Å². The maximum atomic E-state index is 12.5. The molecule has 0 saturated carbocycles. The molecule has 0 spiro atoms. The highest BCUT2D eigenvalue weighted by Gasteiger charge is 2.42. The van der Waals surface area contributed by atoms with Crippen molar-refractivity contribution in [2.45, 2.75) is 25.7 Å². The summed E-state index contributed by atoms with van der Waals surface area (Å²) in [7, 11) is 2.49. The number of hydrogen-bond acceptors (Lipinski definition) is 6. The lowest BCUT2D eigenvalue weighted by Gasteiger charge is -2.27. The van der Waals surface area contributed by atoms with E-state index in [4.69, 9.17) is 13.9 Å². The molecule has 2 aromatic rings. The monoisotopic (exact) mass is 357 g/mol. The average molecular weight is 357 g/mol. The molecule has 0 radical (unpaired) electrons. The molecule has 3 rings (SSSR count). The van der Waals surface area contributed by atoms with Crippen molar-refractivity contribution in [3.8, 4) is 5.69 Å². The summed E-state index contributed by atoms with van der Waals surface area (Å²) >= 11 is 0. The lowest BCUT2D eigenvalue weighted by molar-refractivity contribution is -0.140. The third-order valence-corrected chi connectivity index (χ3v) is 4.66. The van der Waals surface area contributed by atoms with Gasteiger partial charge in [0.25, 0.3) is 0 Å². The molecule has 2 atom stereocenters. The zero-order valence-electron chi connectivity index (χ0n) is 14.9. The molecule has 0 aliphatic heterocycles. The molecular formula is C19H19NO6. The first-order chi connectivity index (χ1) is 12.4. The van der Waals surface area contributed by atoms with E-state index in [-0.39, 0.29) is 11.1 Å². The highest BCUT2D eigenvalue weighted by atomic mass is 16.5. The van der Waals surface area contributed by atoms with Gasteiger partial charge in [0.05, 0.1) is 36.7 Å². The second kappa shape index (κ2) is 6.67. The fourth-order valence-corrected chi connectivity index (χ4v) is 3.47. The molecule has 1 aliphatic rings. The second-order valence-electron chi connectivity index (χ2n) is 6.04. The fourth-order valence-electron chi connectivity index (χ4n) is 3.47. The van der Waals surface area contributed by atoms with Gasteiger partial charge in [0.2, 0.25) is 0 Å². The number of para-hydroxylation sites is 1. The van der Waals surface area contributed by atoms with Gasteiger partial charge in [-0.25, -0.2) is 19.0 Å². The Morgan fingerprint density at radius 2 is 1.50 bits per heavy atom.